The third-order valence-corrected chi connectivity index (χ3v) is 3.76. The fourth-order valence-electron chi connectivity index (χ4n) is 1.21. The Morgan fingerprint density at radius 3 is 3.00 bits per heavy atom. The minimum atomic E-state index is -0.805. The Balaban J connectivity index is 2.68. The second-order valence-electron chi connectivity index (χ2n) is 3.38. The molecule has 0 amide bonds. The summed E-state index contributed by atoms with van der Waals surface area (Å²) in [6, 6.07) is 3.45. The molecule has 0 aliphatic carbocycles. The van der Waals surface area contributed by atoms with Gasteiger partial charge in [-0.25, -0.2) is 4.98 Å². The monoisotopic (exact) mass is 259 g/mol. The predicted molar refractivity (Wildman–Crippen MR) is 66.1 cm³/mol. The first-order valence-electron chi connectivity index (χ1n) is 5.15. The van der Waals surface area contributed by atoms with Crippen molar-refractivity contribution in [1.29, 1.82) is 0 Å². The molecule has 1 rings (SSSR count). The quantitative estimate of drug-likeness (QED) is 0.795. The number of carboxylic acids is 1. The molecule has 0 aliphatic rings. The maximum Gasteiger partial charge on any atom is 0.317 e. The van der Waals surface area contributed by atoms with Crippen LogP contribution in [-0.4, -0.2) is 21.3 Å². The van der Waals surface area contributed by atoms with Crippen molar-refractivity contribution < 1.29 is 9.90 Å². The van der Waals surface area contributed by atoms with E-state index in [1.54, 1.807) is 18.3 Å². The van der Waals surface area contributed by atoms with Gasteiger partial charge in [-0.3, -0.25) is 4.79 Å². The lowest BCUT2D eigenvalue weighted by molar-refractivity contribution is -0.136. The molecule has 0 aliphatic heterocycles. The molecular weight excluding hydrogens is 246 g/mol. The Hall–Kier alpha value is -0.740. The van der Waals surface area contributed by atoms with Gasteiger partial charge in [-0.1, -0.05) is 43.1 Å². The van der Waals surface area contributed by atoms with Crippen LogP contribution in [0.15, 0.2) is 23.4 Å². The Kier molecular flexibility index (Phi) is 5.63. The number of pyridine rings is 1. The molecule has 3 nitrogen and oxygen atoms in total. The van der Waals surface area contributed by atoms with Crippen LogP contribution in [0.25, 0.3) is 0 Å². The number of unbranched alkanes of at least 4 members (excludes halogenated alkanes) is 1. The zero-order valence-electron chi connectivity index (χ0n) is 9.02. The van der Waals surface area contributed by atoms with Crippen LogP contribution in [0, 0.1) is 0 Å². The lowest BCUT2D eigenvalue weighted by Gasteiger charge is -2.11. The lowest BCUT2D eigenvalue weighted by atomic mass is 10.2. The van der Waals surface area contributed by atoms with Gasteiger partial charge in [-0.05, 0) is 18.6 Å². The van der Waals surface area contributed by atoms with Gasteiger partial charge >= 0.3 is 5.97 Å². The molecule has 0 radical (unpaired) electrons. The van der Waals surface area contributed by atoms with E-state index in [4.69, 9.17) is 16.7 Å². The van der Waals surface area contributed by atoms with Crippen LogP contribution < -0.4 is 0 Å². The van der Waals surface area contributed by atoms with Crippen molar-refractivity contribution in [3.05, 3.63) is 23.4 Å². The number of rotatable bonds is 6. The number of aliphatic carboxylic acids is 1. The molecule has 0 fully saturated rings. The van der Waals surface area contributed by atoms with Crippen molar-refractivity contribution in [3.63, 3.8) is 0 Å². The normalized spacial score (nSPS) is 12.4. The molecule has 16 heavy (non-hydrogen) atoms. The molecule has 1 aromatic rings. The maximum absolute atomic E-state index is 11.0. The van der Waals surface area contributed by atoms with Crippen LogP contribution in [0.5, 0.6) is 0 Å². The highest BCUT2D eigenvalue weighted by molar-refractivity contribution is 8.00. The first-order chi connectivity index (χ1) is 7.65. The zero-order valence-corrected chi connectivity index (χ0v) is 10.6. The average Bonchev–Trinajstić information content (AvgIpc) is 2.26. The van der Waals surface area contributed by atoms with E-state index in [1.807, 2.05) is 6.92 Å². The van der Waals surface area contributed by atoms with Gasteiger partial charge in [-0.2, -0.15) is 0 Å². The smallest absolute Gasteiger partial charge is 0.317 e. The van der Waals surface area contributed by atoms with Crippen LogP contribution in [0.4, 0.5) is 0 Å². The molecule has 1 atom stereocenters. The predicted octanol–water partition coefficient (Wildman–Crippen LogP) is 3.47. The first kappa shape index (κ1) is 13.3. The van der Waals surface area contributed by atoms with Crippen LogP contribution in [0.1, 0.15) is 26.2 Å². The van der Waals surface area contributed by atoms with Crippen molar-refractivity contribution in [2.24, 2.45) is 0 Å². The summed E-state index contributed by atoms with van der Waals surface area (Å²) in [7, 11) is 0. The minimum absolute atomic E-state index is 0.465. The summed E-state index contributed by atoms with van der Waals surface area (Å²) in [6.45, 7) is 2.04. The number of hydrogen-bond donors (Lipinski definition) is 1. The summed E-state index contributed by atoms with van der Waals surface area (Å²) >= 11 is 7.15. The minimum Gasteiger partial charge on any atom is -0.480 e. The van der Waals surface area contributed by atoms with Gasteiger partial charge in [0.15, 0.2) is 0 Å². The number of halogens is 1. The summed E-state index contributed by atoms with van der Waals surface area (Å²) in [5.74, 6) is -0.805. The summed E-state index contributed by atoms with van der Waals surface area (Å²) in [6.07, 6.45) is 4.14. The van der Waals surface area contributed by atoms with Gasteiger partial charge in [0.05, 0.1) is 5.02 Å². The highest BCUT2D eigenvalue weighted by Crippen LogP contribution is 2.30. The Morgan fingerprint density at radius 1 is 1.69 bits per heavy atom. The molecule has 1 N–H and O–H groups in total. The second kappa shape index (κ2) is 6.76. The number of thioether (sulfide) groups is 1. The molecule has 5 heteroatoms. The summed E-state index contributed by atoms with van der Waals surface area (Å²) in [5.41, 5.74) is 0. The topological polar surface area (TPSA) is 50.2 Å². The SMILES string of the molecule is CCCCC(Sc1ncccc1Cl)C(=O)O. The van der Waals surface area contributed by atoms with Crippen molar-refractivity contribution >= 4 is 29.3 Å². The van der Waals surface area contributed by atoms with E-state index < -0.39 is 11.2 Å². The standard InChI is InChI=1S/C11H14ClNO2S/c1-2-3-6-9(11(14)15)16-10-8(12)5-4-7-13-10/h4-5,7,9H,2-3,6H2,1H3,(H,14,15). The van der Waals surface area contributed by atoms with Gasteiger partial charge in [0.25, 0.3) is 0 Å². The van der Waals surface area contributed by atoms with E-state index in [2.05, 4.69) is 4.98 Å². The summed E-state index contributed by atoms with van der Waals surface area (Å²) in [4.78, 5) is 15.1. The number of nitrogens with zero attached hydrogens (tertiary/aromatic N) is 1. The zero-order chi connectivity index (χ0) is 12.0. The molecule has 1 unspecified atom stereocenters. The molecular formula is C11H14ClNO2S. The average molecular weight is 260 g/mol. The molecule has 0 spiro atoms. The molecule has 0 saturated carbocycles. The number of carbonyl (C=O) groups is 1. The van der Waals surface area contributed by atoms with Crippen molar-refractivity contribution in [3.8, 4) is 0 Å². The van der Waals surface area contributed by atoms with E-state index in [-0.39, 0.29) is 0 Å². The maximum atomic E-state index is 11.0. The van der Waals surface area contributed by atoms with Crippen molar-refractivity contribution in [2.45, 2.75) is 36.5 Å². The van der Waals surface area contributed by atoms with Crippen LogP contribution >= 0.6 is 23.4 Å². The Bertz CT molecular complexity index is 360. The fourth-order valence-corrected chi connectivity index (χ4v) is 2.43. The van der Waals surface area contributed by atoms with E-state index in [9.17, 15) is 4.79 Å². The number of hydrogen-bond acceptors (Lipinski definition) is 3. The summed E-state index contributed by atoms with van der Waals surface area (Å²) < 4.78 is 0. The van der Waals surface area contributed by atoms with Gasteiger partial charge in [-0.15, -0.1) is 0 Å². The Morgan fingerprint density at radius 2 is 2.44 bits per heavy atom. The number of aromatic nitrogens is 1. The fraction of sp³-hybridized carbons (Fsp3) is 0.455. The van der Waals surface area contributed by atoms with Crippen molar-refractivity contribution in [2.75, 3.05) is 0 Å². The van der Waals surface area contributed by atoms with Crippen LogP contribution in [0.2, 0.25) is 5.02 Å². The van der Waals surface area contributed by atoms with E-state index in [0.29, 0.717) is 16.5 Å². The lowest BCUT2D eigenvalue weighted by Crippen LogP contribution is -2.16. The van der Waals surface area contributed by atoms with E-state index in [0.717, 1.165) is 12.8 Å². The second-order valence-corrected chi connectivity index (χ2v) is 4.98. The van der Waals surface area contributed by atoms with Gasteiger partial charge in [0, 0.05) is 6.20 Å². The van der Waals surface area contributed by atoms with Crippen molar-refractivity contribution in [1.82, 2.24) is 4.98 Å². The van der Waals surface area contributed by atoms with Crippen LogP contribution in [0.3, 0.4) is 0 Å². The van der Waals surface area contributed by atoms with Gasteiger partial charge < -0.3 is 5.11 Å². The first-order valence-corrected chi connectivity index (χ1v) is 6.41. The van der Waals surface area contributed by atoms with Gasteiger partial charge in [0.2, 0.25) is 0 Å². The molecule has 0 saturated heterocycles. The van der Waals surface area contributed by atoms with Gasteiger partial charge in [0.1, 0.15) is 10.3 Å². The highest BCUT2D eigenvalue weighted by atomic mass is 35.5. The third-order valence-electron chi connectivity index (χ3n) is 2.07. The molecule has 0 aromatic carbocycles. The molecule has 0 bridgehead atoms. The Labute approximate surface area is 104 Å². The van der Waals surface area contributed by atoms with Crippen LogP contribution in [-0.2, 0) is 4.79 Å². The summed E-state index contributed by atoms with van der Waals surface area (Å²) in [5, 5.41) is 9.69. The van der Waals surface area contributed by atoms with E-state index >= 15 is 0 Å². The molecule has 1 aromatic heterocycles. The highest BCUT2D eigenvalue weighted by Gasteiger charge is 2.19. The number of carboxylic acid groups (broad SMARTS) is 1. The molecule has 1 heterocycles. The van der Waals surface area contributed by atoms with E-state index in [1.165, 1.54) is 11.8 Å². The molecule has 88 valence electrons. The third kappa shape index (κ3) is 4.02. The largest absolute Gasteiger partial charge is 0.480 e.